The maximum atomic E-state index is 14.3. The fraction of sp³-hybridized carbons (Fsp3) is 0.625. The molecule has 1 fully saturated rings. The van der Waals surface area contributed by atoms with Crippen molar-refractivity contribution in [2.24, 2.45) is 5.92 Å². The Kier molecular flexibility index (Phi) is 5.82. The van der Waals surface area contributed by atoms with Crippen LogP contribution in [0.2, 0.25) is 5.02 Å². The Morgan fingerprint density at radius 2 is 1.95 bits per heavy atom. The molecular formula is C16H24ClFN2. The topological polar surface area (TPSA) is 15.3 Å². The molecule has 4 heteroatoms. The third kappa shape index (κ3) is 4.18. The Bertz CT molecular complexity index is 430. The molecular weight excluding hydrogens is 275 g/mol. The van der Waals surface area contributed by atoms with Crippen molar-refractivity contribution in [3.8, 4) is 0 Å². The van der Waals surface area contributed by atoms with Crippen molar-refractivity contribution >= 4 is 11.6 Å². The molecule has 0 unspecified atom stereocenters. The van der Waals surface area contributed by atoms with Gasteiger partial charge in [0.25, 0.3) is 0 Å². The number of rotatable bonds is 5. The number of benzene rings is 1. The highest BCUT2D eigenvalue weighted by molar-refractivity contribution is 6.30. The summed E-state index contributed by atoms with van der Waals surface area (Å²) in [7, 11) is 0. The normalized spacial score (nSPS) is 18.4. The first-order valence-electron chi connectivity index (χ1n) is 7.47. The van der Waals surface area contributed by atoms with Crippen LogP contribution in [0.3, 0.4) is 0 Å². The van der Waals surface area contributed by atoms with E-state index < -0.39 is 0 Å². The Balaban J connectivity index is 2.19. The number of hydrogen-bond donors (Lipinski definition) is 1. The lowest BCUT2D eigenvalue weighted by Gasteiger charge is -2.35. The second-order valence-corrected chi connectivity index (χ2v) is 6.38. The Hall–Kier alpha value is -0.640. The summed E-state index contributed by atoms with van der Waals surface area (Å²) < 4.78 is 14.3. The molecule has 0 spiro atoms. The van der Waals surface area contributed by atoms with Gasteiger partial charge >= 0.3 is 0 Å². The summed E-state index contributed by atoms with van der Waals surface area (Å²) in [4.78, 5) is 2.39. The van der Waals surface area contributed by atoms with Crippen molar-refractivity contribution in [1.82, 2.24) is 10.2 Å². The van der Waals surface area contributed by atoms with Gasteiger partial charge < -0.3 is 5.32 Å². The highest BCUT2D eigenvalue weighted by Crippen LogP contribution is 2.30. The highest BCUT2D eigenvalue weighted by atomic mass is 35.5. The Morgan fingerprint density at radius 3 is 2.55 bits per heavy atom. The first kappa shape index (κ1) is 15.7. The van der Waals surface area contributed by atoms with Crippen molar-refractivity contribution in [1.29, 1.82) is 0 Å². The third-order valence-corrected chi connectivity index (χ3v) is 4.17. The van der Waals surface area contributed by atoms with Gasteiger partial charge in [0.1, 0.15) is 5.82 Å². The summed E-state index contributed by atoms with van der Waals surface area (Å²) in [6, 6.07) is 5.24. The minimum absolute atomic E-state index is 0.164. The van der Waals surface area contributed by atoms with Crippen LogP contribution in [0.4, 0.5) is 4.39 Å². The second-order valence-electron chi connectivity index (χ2n) is 5.94. The molecule has 1 aliphatic heterocycles. The van der Waals surface area contributed by atoms with Gasteiger partial charge in [0.05, 0.1) is 0 Å². The summed E-state index contributed by atoms with van der Waals surface area (Å²) >= 11 is 5.87. The predicted molar refractivity (Wildman–Crippen MR) is 82.7 cm³/mol. The van der Waals surface area contributed by atoms with E-state index in [1.807, 2.05) is 6.07 Å². The molecule has 1 aromatic rings. The van der Waals surface area contributed by atoms with Gasteiger partial charge in [-0.25, -0.2) is 4.39 Å². The minimum atomic E-state index is -0.176. The first-order chi connectivity index (χ1) is 9.58. The van der Waals surface area contributed by atoms with E-state index in [1.165, 1.54) is 6.07 Å². The third-order valence-electron chi connectivity index (χ3n) is 3.93. The summed E-state index contributed by atoms with van der Waals surface area (Å²) in [5.41, 5.74) is 0.789. The average molecular weight is 299 g/mol. The molecule has 1 N–H and O–H groups in total. The molecule has 1 saturated heterocycles. The molecule has 0 saturated carbocycles. The second kappa shape index (κ2) is 7.39. The fourth-order valence-corrected chi connectivity index (χ4v) is 2.95. The number of nitrogens with zero attached hydrogens (tertiary/aromatic N) is 1. The lowest BCUT2D eigenvalue weighted by atomic mass is 9.95. The molecule has 1 atom stereocenters. The summed E-state index contributed by atoms with van der Waals surface area (Å²) in [6.45, 7) is 8.34. The van der Waals surface area contributed by atoms with Crippen LogP contribution in [-0.4, -0.2) is 31.1 Å². The summed E-state index contributed by atoms with van der Waals surface area (Å²) in [5, 5.41) is 3.82. The monoisotopic (exact) mass is 298 g/mol. The first-order valence-corrected chi connectivity index (χ1v) is 7.85. The van der Waals surface area contributed by atoms with E-state index in [1.54, 1.807) is 6.07 Å². The van der Waals surface area contributed by atoms with Crippen LogP contribution in [0, 0.1) is 11.7 Å². The minimum Gasteiger partial charge on any atom is -0.314 e. The molecule has 2 nitrogen and oxygen atoms in total. The Labute approximate surface area is 126 Å². The smallest absolute Gasteiger partial charge is 0.129 e. The quantitative estimate of drug-likeness (QED) is 0.888. The van der Waals surface area contributed by atoms with Crippen LogP contribution < -0.4 is 5.32 Å². The van der Waals surface area contributed by atoms with E-state index in [-0.39, 0.29) is 11.9 Å². The lowest BCUT2D eigenvalue weighted by molar-refractivity contribution is 0.156. The summed E-state index contributed by atoms with van der Waals surface area (Å²) in [5.74, 6) is 0.459. The Morgan fingerprint density at radius 1 is 1.25 bits per heavy atom. The van der Waals surface area contributed by atoms with Gasteiger partial charge in [0.2, 0.25) is 0 Å². The molecule has 0 aliphatic carbocycles. The molecule has 112 valence electrons. The van der Waals surface area contributed by atoms with E-state index in [0.29, 0.717) is 10.9 Å². The molecule has 1 aliphatic rings. The van der Waals surface area contributed by atoms with Gasteiger partial charge in [0.15, 0.2) is 0 Å². The van der Waals surface area contributed by atoms with Crippen LogP contribution in [0.25, 0.3) is 0 Å². The van der Waals surface area contributed by atoms with Crippen LogP contribution in [0.15, 0.2) is 18.2 Å². The van der Waals surface area contributed by atoms with Crippen molar-refractivity contribution < 1.29 is 4.39 Å². The van der Waals surface area contributed by atoms with E-state index in [2.05, 4.69) is 24.1 Å². The molecule has 1 heterocycles. The number of nitrogens with one attached hydrogen (secondary N) is 1. The van der Waals surface area contributed by atoms with Gasteiger partial charge in [-0.15, -0.1) is 0 Å². The van der Waals surface area contributed by atoms with Crippen molar-refractivity contribution in [3.05, 3.63) is 34.6 Å². The van der Waals surface area contributed by atoms with Crippen LogP contribution in [0.5, 0.6) is 0 Å². The van der Waals surface area contributed by atoms with E-state index in [0.717, 1.165) is 44.6 Å². The van der Waals surface area contributed by atoms with Crippen LogP contribution >= 0.6 is 11.6 Å². The largest absolute Gasteiger partial charge is 0.314 e. The van der Waals surface area contributed by atoms with E-state index in [4.69, 9.17) is 11.6 Å². The SMILES string of the molecule is CC(C)CC[C@@H](c1ccc(Cl)cc1F)N1CCNCC1. The summed E-state index contributed by atoms with van der Waals surface area (Å²) in [6.07, 6.45) is 2.10. The molecule has 20 heavy (non-hydrogen) atoms. The molecule has 2 rings (SSSR count). The van der Waals surface area contributed by atoms with Gasteiger partial charge in [-0.05, 0) is 30.9 Å². The van der Waals surface area contributed by atoms with Crippen molar-refractivity contribution in [3.63, 3.8) is 0 Å². The van der Waals surface area contributed by atoms with E-state index >= 15 is 0 Å². The maximum Gasteiger partial charge on any atom is 0.129 e. The van der Waals surface area contributed by atoms with Gasteiger partial charge in [-0.3, -0.25) is 4.90 Å². The highest BCUT2D eigenvalue weighted by Gasteiger charge is 2.24. The van der Waals surface area contributed by atoms with Crippen molar-refractivity contribution in [2.45, 2.75) is 32.7 Å². The van der Waals surface area contributed by atoms with Gasteiger partial charge in [-0.2, -0.15) is 0 Å². The van der Waals surface area contributed by atoms with Gasteiger partial charge in [0, 0.05) is 42.8 Å². The zero-order chi connectivity index (χ0) is 14.5. The molecule has 0 bridgehead atoms. The molecule has 1 aromatic carbocycles. The number of piperazine rings is 1. The lowest BCUT2D eigenvalue weighted by Crippen LogP contribution is -2.45. The molecule has 0 aromatic heterocycles. The van der Waals surface area contributed by atoms with Crippen LogP contribution in [0.1, 0.15) is 38.3 Å². The number of halogens is 2. The zero-order valence-corrected chi connectivity index (χ0v) is 13.1. The standard InChI is InChI=1S/C16H24ClFN2/c1-12(2)3-6-16(20-9-7-19-8-10-20)14-5-4-13(17)11-15(14)18/h4-5,11-12,16,19H,3,6-10H2,1-2H3/t16-/m0/s1. The van der Waals surface area contributed by atoms with Crippen molar-refractivity contribution in [2.75, 3.05) is 26.2 Å². The molecule has 0 radical (unpaired) electrons. The average Bonchev–Trinajstić information content (AvgIpc) is 2.42. The number of hydrogen-bond acceptors (Lipinski definition) is 2. The van der Waals surface area contributed by atoms with Crippen LogP contribution in [-0.2, 0) is 0 Å². The van der Waals surface area contributed by atoms with E-state index in [9.17, 15) is 4.39 Å². The molecule has 0 amide bonds. The fourth-order valence-electron chi connectivity index (χ4n) is 2.79. The zero-order valence-electron chi connectivity index (χ0n) is 12.3. The maximum absolute atomic E-state index is 14.3. The predicted octanol–water partition coefficient (Wildman–Crippen LogP) is 3.86. The van der Waals surface area contributed by atoms with Gasteiger partial charge in [-0.1, -0.05) is 31.5 Å².